The van der Waals surface area contributed by atoms with E-state index in [2.05, 4.69) is 17.9 Å². The summed E-state index contributed by atoms with van der Waals surface area (Å²) in [5.74, 6) is -2.93. The van der Waals surface area contributed by atoms with Gasteiger partial charge in [-0.3, -0.25) is 9.59 Å². The van der Waals surface area contributed by atoms with Gasteiger partial charge in [-0.25, -0.2) is 4.79 Å². The number of rotatable bonds is 6. The number of phenols is 2. The third kappa shape index (κ3) is 8.25. The van der Waals surface area contributed by atoms with E-state index in [1.807, 2.05) is 0 Å². The number of hydrogen-bond acceptors (Lipinski definition) is 7. The van der Waals surface area contributed by atoms with Crippen LogP contribution in [-0.2, 0) is 20.8 Å². The van der Waals surface area contributed by atoms with Crippen LogP contribution in [0.3, 0.4) is 0 Å². The Morgan fingerprint density at radius 3 is 2.08 bits per heavy atom. The van der Waals surface area contributed by atoms with E-state index in [0.717, 1.165) is 0 Å². The molecule has 0 aliphatic carbocycles. The second kappa shape index (κ2) is 10.3. The summed E-state index contributed by atoms with van der Waals surface area (Å²) >= 11 is 3.73. The Morgan fingerprint density at radius 2 is 1.75 bits per heavy atom. The highest BCUT2D eigenvalue weighted by Gasteiger charge is 2.15. The van der Waals surface area contributed by atoms with E-state index in [1.165, 1.54) is 25.1 Å². The van der Waals surface area contributed by atoms with Crippen LogP contribution in [0.4, 0.5) is 0 Å². The predicted octanol–water partition coefficient (Wildman–Crippen LogP) is -0.442. The monoisotopic (exact) mass is 360 g/mol. The summed E-state index contributed by atoms with van der Waals surface area (Å²) in [6.45, 7) is 1.26. The molecule has 9 nitrogen and oxygen atoms in total. The third-order valence-corrected chi connectivity index (χ3v) is 3.04. The van der Waals surface area contributed by atoms with Gasteiger partial charge >= 0.3 is 11.9 Å². The number of carboxylic acid groups (broad SMARTS) is 2. The topological polar surface area (TPSA) is 170 Å². The average molecular weight is 360 g/mol. The van der Waals surface area contributed by atoms with Crippen LogP contribution >= 0.6 is 12.6 Å². The van der Waals surface area contributed by atoms with Gasteiger partial charge in [0.1, 0.15) is 12.1 Å². The Kier molecular flexibility index (Phi) is 9.28. The van der Waals surface area contributed by atoms with Crippen molar-refractivity contribution in [3.05, 3.63) is 23.8 Å². The van der Waals surface area contributed by atoms with Crippen molar-refractivity contribution in [1.82, 2.24) is 5.32 Å². The molecule has 0 bridgehead atoms. The quantitative estimate of drug-likeness (QED) is 0.264. The van der Waals surface area contributed by atoms with Crippen molar-refractivity contribution in [1.29, 1.82) is 0 Å². The van der Waals surface area contributed by atoms with Gasteiger partial charge in [-0.05, 0) is 24.1 Å². The summed E-state index contributed by atoms with van der Waals surface area (Å²) in [6.07, 6.45) is 0.114. The minimum Gasteiger partial charge on any atom is -0.504 e. The highest BCUT2D eigenvalue weighted by atomic mass is 32.1. The number of benzene rings is 1. The van der Waals surface area contributed by atoms with Crippen molar-refractivity contribution in [3.63, 3.8) is 0 Å². The zero-order valence-corrected chi connectivity index (χ0v) is 13.7. The molecule has 1 aromatic carbocycles. The molecule has 2 unspecified atom stereocenters. The van der Waals surface area contributed by atoms with Crippen molar-refractivity contribution >= 4 is 30.5 Å². The largest absolute Gasteiger partial charge is 0.504 e. The van der Waals surface area contributed by atoms with E-state index in [-0.39, 0.29) is 29.6 Å². The fourth-order valence-corrected chi connectivity index (χ4v) is 1.72. The first-order chi connectivity index (χ1) is 11.1. The van der Waals surface area contributed by atoms with Crippen molar-refractivity contribution < 1.29 is 34.8 Å². The molecule has 0 aliphatic rings. The fraction of sp³-hybridized carbons (Fsp3) is 0.357. The maximum absolute atomic E-state index is 10.4. The number of carboxylic acids is 2. The molecule has 10 heteroatoms. The van der Waals surface area contributed by atoms with Gasteiger partial charge in [-0.1, -0.05) is 6.07 Å². The van der Waals surface area contributed by atoms with Crippen LogP contribution in [0.1, 0.15) is 12.5 Å². The normalized spacial score (nSPS) is 12.3. The Bertz CT molecular complexity index is 594. The summed E-state index contributed by atoms with van der Waals surface area (Å²) in [5, 5.41) is 37.2. The molecule has 0 heterocycles. The zero-order valence-electron chi connectivity index (χ0n) is 12.8. The molecule has 0 aromatic heterocycles. The first kappa shape index (κ1) is 21.5. The minimum absolute atomic E-state index is 0.106. The van der Waals surface area contributed by atoms with E-state index in [4.69, 9.17) is 26.2 Å². The summed E-state index contributed by atoms with van der Waals surface area (Å²) in [6, 6.07) is 2.22. The van der Waals surface area contributed by atoms with Gasteiger partial charge in [0.05, 0.1) is 0 Å². The average Bonchev–Trinajstić information content (AvgIpc) is 2.48. The first-order valence-electron chi connectivity index (χ1n) is 6.68. The van der Waals surface area contributed by atoms with Gasteiger partial charge in [-0.15, -0.1) is 0 Å². The van der Waals surface area contributed by atoms with Gasteiger partial charge in [0, 0.05) is 12.7 Å². The van der Waals surface area contributed by atoms with E-state index in [0.29, 0.717) is 5.56 Å². The number of thiol groups is 1. The lowest BCUT2D eigenvalue weighted by Crippen LogP contribution is -2.40. The van der Waals surface area contributed by atoms with E-state index < -0.39 is 24.0 Å². The van der Waals surface area contributed by atoms with Crippen LogP contribution in [0.25, 0.3) is 0 Å². The number of phenolic OH excluding ortho intramolecular Hbond substituents is 2. The van der Waals surface area contributed by atoms with Crippen LogP contribution in [0.5, 0.6) is 11.5 Å². The molecular weight excluding hydrogens is 340 g/mol. The van der Waals surface area contributed by atoms with E-state index >= 15 is 0 Å². The third-order valence-electron chi connectivity index (χ3n) is 2.67. The fourth-order valence-electron chi connectivity index (χ4n) is 1.47. The van der Waals surface area contributed by atoms with E-state index in [1.54, 1.807) is 0 Å². The van der Waals surface area contributed by atoms with Gasteiger partial charge in [0.15, 0.2) is 11.5 Å². The lowest BCUT2D eigenvalue weighted by molar-refractivity contribution is -0.140. The molecule has 24 heavy (non-hydrogen) atoms. The highest BCUT2D eigenvalue weighted by molar-refractivity contribution is 7.80. The van der Waals surface area contributed by atoms with Gasteiger partial charge in [0.2, 0.25) is 5.91 Å². The second-order valence-electron chi connectivity index (χ2n) is 4.75. The van der Waals surface area contributed by atoms with E-state index in [9.17, 15) is 14.4 Å². The Balaban J connectivity index is 0.000000470. The van der Waals surface area contributed by atoms with Crippen molar-refractivity contribution in [2.45, 2.75) is 25.4 Å². The van der Waals surface area contributed by atoms with Crippen molar-refractivity contribution in [2.75, 3.05) is 5.75 Å². The Hall–Kier alpha value is -2.46. The SMILES string of the molecule is CC(=O)NC(CS)C(=O)O.NC(Cc1ccc(O)c(O)c1)C(=O)O. The number of hydrogen-bond donors (Lipinski definition) is 7. The molecule has 7 N–H and O–H groups in total. The zero-order chi connectivity index (χ0) is 18.9. The van der Waals surface area contributed by atoms with Gasteiger partial charge < -0.3 is 31.5 Å². The molecule has 2 atom stereocenters. The van der Waals surface area contributed by atoms with Gasteiger partial charge in [0.25, 0.3) is 0 Å². The molecule has 1 amide bonds. The standard InChI is InChI=1S/C9H11NO4.C5H9NO3S/c10-6(9(13)14)3-5-1-2-7(11)8(12)4-5;1-3(7)6-4(2-10)5(8)9/h1-2,4,6,11-12H,3,10H2,(H,13,14);4,10H,2H2,1H3,(H,6,7)(H,8,9). The smallest absolute Gasteiger partial charge is 0.327 e. The molecule has 0 radical (unpaired) electrons. The predicted molar refractivity (Wildman–Crippen MR) is 88.2 cm³/mol. The molecule has 0 spiro atoms. The molecule has 1 rings (SSSR count). The minimum atomic E-state index is -1.10. The Labute approximate surface area is 143 Å². The summed E-state index contributed by atoms with van der Waals surface area (Å²) in [5.41, 5.74) is 5.86. The van der Waals surface area contributed by atoms with Crippen LogP contribution in [0.15, 0.2) is 18.2 Å². The van der Waals surface area contributed by atoms with Crippen molar-refractivity contribution in [3.8, 4) is 11.5 Å². The number of aliphatic carboxylic acids is 2. The molecular formula is C14H20N2O7S. The number of aromatic hydroxyl groups is 2. The number of nitrogens with two attached hydrogens (primary N) is 1. The lowest BCUT2D eigenvalue weighted by atomic mass is 10.1. The van der Waals surface area contributed by atoms with Crippen LogP contribution < -0.4 is 11.1 Å². The molecule has 0 aliphatic heterocycles. The molecule has 1 aromatic rings. The molecule has 0 saturated heterocycles. The van der Waals surface area contributed by atoms with Crippen LogP contribution in [0, 0.1) is 0 Å². The first-order valence-corrected chi connectivity index (χ1v) is 7.31. The highest BCUT2D eigenvalue weighted by Crippen LogP contribution is 2.25. The number of nitrogens with one attached hydrogen (secondary N) is 1. The summed E-state index contributed by atoms with van der Waals surface area (Å²) in [4.78, 5) is 30.9. The number of carbonyl (C=O) groups is 3. The van der Waals surface area contributed by atoms with Crippen molar-refractivity contribution in [2.24, 2.45) is 5.73 Å². The summed E-state index contributed by atoms with van der Waals surface area (Å²) < 4.78 is 0. The second-order valence-corrected chi connectivity index (χ2v) is 5.11. The molecule has 134 valence electrons. The molecule has 0 fully saturated rings. The van der Waals surface area contributed by atoms with Gasteiger partial charge in [-0.2, -0.15) is 12.6 Å². The number of carbonyl (C=O) groups excluding carboxylic acids is 1. The molecule has 0 saturated carbocycles. The maximum Gasteiger partial charge on any atom is 0.327 e. The number of amides is 1. The lowest BCUT2D eigenvalue weighted by Gasteiger charge is -2.08. The maximum atomic E-state index is 10.4. The Morgan fingerprint density at radius 1 is 1.17 bits per heavy atom. The summed E-state index contributed by atoms with van der Waals surface area (Å²) in [7, 11) is 0. The van der Waals surface area contributed by atoms with Crippen LogP contribution in [-0.4, -0.2) is 56.1 Å². The van der Waals surface area contributed by atoms with Crippen LogP contribution in [0.2, 0.25) is 0 Å².